The van der Waals surface area contributed by atoms with Crippen molar-refractivity contribution in [2.24, 2.45) is 4.99 Å². The van der Waals surface area contributed by atoms with Crippen molar-refractivity contribution in [1.29, 1.82) is 0 Å². The fourth-order valence-electron chi connectivity index (χ4n) is 8.92. The van der Waals surface area contributed by atoms with Gasteiger partial charge in [0.15, 0.2) is 0 Å². The van der Waals surface area contributed by atoms with Crippen LogP contribution in [0, 0.1) is 0 Å². The Morgan fingerprint density at radius 3 is 1.92 bits per heavy atom. The van der Waals surface area contributed by atoms with Gasteiger partial charge in [-0.1, -0.05) is 159 Å². The predicted molar refractivity (Wildman–Crippen MR) is 257 cm³/mol. The highest BCUT2D eigenvalue weighted by Crippen LogP contribution is 2.43. The summed E-state index contributed by atoms with van der Waals surface area (Å²) >= 11 is 0. The number of nitrogens with zero attached hydrogens (tertiary/aromatic N) is 1. The number of furan rings is 2. The number of hydrogen-bond donors (Lipinski definition) is 0. The van der Waals surface area contributed by atoms with Gasteiger partial charge < -0.3 is 8.83 Å². The minimum atomic E-state index is -0.487. The van der Waals surface area contributed by atoms with Crippen molar-refractivity contribution in [3.63, 3.8) is 0 Å². The molecule has 1 atom stereocenters. The van der Waals surface area contributed by atoms with Crippen LogP contribution < -0.4 is 0 Å². The molecule has 61 heavy (non-hydrogen) atoms. The van der Waals surface area contributed by atoms with Crippen molar-refractivity contribution in [2.75, 3.05) is 0 Å². The molecule has 0 saturated heterocycles. The maximum Gasteiger partial charge on any atom is 0.136 e. The van der Waals surface area contributed by atoms with E-state index in [1.54, 1.807) is 0 Å². The van der Waals surface area contributed by atoms with E-state index in [0.717, 1.165) is 105 Å². The maximum absolute atomic E-state index is 6.60. The summed E-state index contributed by atoms with van der Waals surface area (Å²) in [6.45, 7) is 13.9. The summed E-state index contributed by atoms with van der Waals surface area (Å²) in [7, 11) is 0. The first kappa shape index (κ1) is 36.1. The van der Waals surface area contributed by atoms with Crippen molar-refractivity contribution >= 4 is 76.7 Å². The highest BCUT2D eigenvalue weighted by Gasteiger charge is 2.23. The van der Waals surface area contributed by atoms with Gasteiger partial charge in [0.1, 0.15) is 28.4 Å². The van der Waals surface area contributed by atoms with E-state index in [0.29, 0.717) is 0 Å². The van der Waals surface area contributed by atoms with Crippen molar-refractivity contribution in [3.8, 4) is 22.3 Å². The summed E-state index contributed by atoms with van der Waals surface area (Å²) in [6, 6.07) is 65.2. The molecular formula is C58H39NO2. The van der Waals surface area contributed by atoms with Gasteiger partial charge in [0.25, 0.3) is 0 Å². The lowest BCUT2D eigenvalue weighted by Gasteiger charge is -2.21. The normalized spacial score (nSPS) is 12.5. The monoisotopic (exact) mass is 781 g/mol. The van der Waals surface area contributed by atoms with Crippen LogP contribution in [0.5, 0.6) is 0 Å². The van der Waals surface area contributed by atoms with Gasteiger partial charge in [-0.25, -0.2) is 0 Å². The lowest BCUT2D eigenvalue weighted by Crippen LogP contribution is -2.07. The van der Waals surface area contributed by atoms with E-state index in [-0.39, 0.29) is 0 Å². The van der Waals surface area contributed by atoms with Crippen molar-refractivity contribution in [1.82, 2.24) is 0 Å². The van der Waals surface area contributed by atoms with Crippen LogP contribution in [-0.2, 0) is 0 Å². The Kier molecular flexibility index (Phi) is 8.68. The van der Waals surface area contributed by atoms with E-state index >= 15 is 0 Å². The lowest BCUT2D eigenvalue weighted by molar-refractivity contribution is 0.668. The number of benzene rings is 9. The molecular weight excluding hydrogens is 743 g/mol. The van der Waals surface area contributed by atoms with E-state index in [1.807, 2.05) is 42.5 Å². The second kappa shape index (κ2) is 14.7. The molecule has 0 saturated carbocycles. The molecule has 0 N–H and O–H groups in total. The molecule has 288 valence electrons. The Hall–Kier alpha value is -8.01. The van der Waals surface area contributed by atoms with E-state index in [4.69, 9.17) is 27.0 Å². The number of allylic oxidation sites excluding steroid dienone is 1. The molecule has 2 aromatic heterocycles. The third-order valence-corrected chi connectivity index (χ3v) is 12.1. The summed E-state index contributed by atoms with van der Waals surface area (Å²) in [5.74, 6) is 0. The molecule has 0 bridgehead atoms. The van der Waals surface area contributed by atoms with Gasteiger partial charge in [-0.3, -0.25) is 4.99 Å². The Morgan fingerprint density at radius 1 is 0.475 bits per heavy atom. The third-order valence-electron chi connectivity index (χ3n) is 12.1. The van der Waals surface area contributed by atoms with Gasteiger partial charge in [0.2, 0.25) is 0 Å². The Bertz CT molecular complexity index is 3590. The highest BCUT2D eigenvalue weighted by atomic mass is 16.3. The number of aliphatic imine (C=N–C) groups is 1. The quantitative estimate of drug-likeness (QED) is 0.108. The molecule has 0 amide bonds. The van der Waals surface area contributed by atoms with Crippen LogP contribution in [0.15, 0.2) is 233 Å². The SMILES string of the molecule is C=CC(=NC(C(=C)C(=C)c1cc(-c2ccc(-c3cccc4ccccc34)cc2)cc2oc3ccccc3c12)c1ccc2ccccc2c1)c1ccc2oc3ccccc3c2c1. The zero-order valence-corrected chi connectivity index (χ0v) is 33.4. The second-order valence-electron chi connectivity index (χ2n) is 15.6. The molecule has 0 spiro atoms. The van der Waals surface area contributed by atoms with E-state index in [1.165, 1.54) is 16.3 Å². The van der Waals surface area contributed by atoms with Crippen LogP contribution in [0.1, 0.15) is 22.7 Å². The third kappa shape index (κ3) is 6.27. The molecule has 0 aliphatic rings. The van der Waals surface area contributed by atoms with Gasteiger partial charge in [-0.2, -0.15) is 0 Å². The summed E-state index contributed by atoms with van der Waals surface area (Å²) < 4.78 is 12.8. The number of para-hydroxylation sites is 2. The standard InChI is InChI=1S/C58H39NO2/c1-4-52(43-30-31-55-51(33-43)48-19-9-11-22-53(48)60-55)59-58(44-29-26-38-14-5-6-16-42(38)32-44)37(3)36(2)50-34-45(35-56-57(50)49-20-10-12-23-54(49)61-56)39-24-27-41(28-25-39)47-21-13-17-40-15-7-8-18-46(40)47/h4-35,58H,1-3H2. The zero-order valence-electron chi connectivity index (χ0n) is 33.4. The first-order valence-corrected chi connectivity index (χ1v) is 20.5. The van der Waals surface area contributed by atoms with Gasteiger partial charge >= 0.3 is 0 Å². The summed E-state index contributed by atoms with van der Waals surface area (Å²) in [6.07, 6.45) is 1.83. The van der Waals surface area contributed by atoms with Crippen LogP contribution in [0.2, 0.25) is 0 Å². The first-order chi connectivity index (χ1) is 30.0. The molecule has 2 heterocycles. The number of fused-ring (bicyclic) bond motifs is 8. The molecule has 11 aromatic rings. The Labute approximate surface area is 353 Å². The van der Waals surface area contributed by atoms with Gasteiger partial charge in [-0.05, 0) is 121 Å². The summed E-state index contributed by atoms with van der Waals surface area (Å²) in [4.78, 5) is 5.51. The average Bonchev–Trinajstić information content (AvgIpc) is 3.89. The van der Waals surface area contributed by atoms with Gasteiger partial charge in [0, 0.05) is 27.1 Å². The smallest absolute Gasteiger partial charge is 0.136 e. The van der Waals surface area contributed by atoms with Crippen molar-refractivity contribution < 1.29 is 8.83 Å². The molecule has 1 unspecified atom stereocenters. The average molecular weight is 782 g/mol. The summed E-state index contributed by atoms with van der Waals surface area (Å²) in [5, 5.41) is 8.86. The van der Waals surface area contributed by atoms with Crippen LogP contribution in [0.25, 0.3) is 93.2 Å². The first-order valence-electron chi connectivity index (χ1n) is 20.5. The largest absolute Gasteiger partial charge is 0.456 e. The van der Waals surface area contributed by atoms with E-state index < -0.39 is 6.04 Å². The van der Waals surface area contributed by atoms with Crippen LogP contribution >= 0.6 is 0 Å². The predicted octanol–water partition coefficient (Wildman–Crippen LogP) is 16.1. The van der Waals surface area contributed by atoms with Gasteiger partial charge in [-0.15, -0.1) is 0 Å². The Balaban J connectivity index is 1.05. The Morgan fingerprint density at radius 2 is 1.11 bits per heavy atom. The minimum Gasteiger partial charge on any atom is -0.456 e. The molecule has 9 aromatic carbocycles. The zero-order chi connectivity index (χ0) is 41.0. The minimum absolute atomic E-state index is 0.487. The van der Waals surface area contributed by atoms with E-state index in [9.17, 15) is 0 Å². The van der Waals surface area contributed by atoms with Crippen molar-refractivity contribution in [2.45, 2.75) is 6.04 Å². The topological polar surface area (TPSA) is 38.6 Å². The van der Waals surface area contributed by atoms with Crippen LogP contribution in [0.3, 0.4) is 0 Å². The van der Waals surface area contributed by atoms with E-state index in [2.05, 4.69) is 158 Å². The maximum atomic E-state index is 6.60. The molecule has 0 fully saturated rings. The fraction of sp³-hybridized carbons (Fsp3) is 0.0172. The fourth-order valence-corrected chi connectivity index (χ4v) is 8.92. The molecule has 3 heteroatoms. The molecule has 0 aliphatic carbocycles. The molecule has 11 rings (SSSR count). The second-order valence-corrected chi connectivity index (χ2v) is 15.6. The van der Waals surface area contributed by atoms with Crippen molar-refractivity contribution in [3.05, 3.63) is 236 Å². The highest BCUT2D eigenvalue weighted by molar-refractivity contribution is 6.15. The number of hydrogen-bond acceptors (Lipinski definition) is 3. The lowest BCUT2D eigenvalue weighted by atomic mass is 9.86. The molecule has 3 nitrogen and oxygen atoms in total. The molecule has 0 aliphatic heterocycles. The van der Waals surface area contributed by atoms with Crippen LogP contribution in [-0.4, -0.2) is 5.71 Å². The summed E-state index contributed by atoms with van der Waals surface area (Å²) in [5.41, 5.74) is 13.0. The van der Waals surface area contributed by atoms with Crippen LogP contribution in [0.4, 0.5) is 0 Å². The number of rotatable bonds is 9. The molecule has 0 radical (unpaired) electrons. The van der Waals surface area contributed by atoms with Gasteiger partial charge in [0.05, 0.1) is 5.71 Å².